The maximum Gasteiger partial charge on any atom is 0.469 e. The summed E-state index contributed by atoms with van der Waals surface area (Å²) in [5.74, 6) is 0. The van der Waals surface area contributed by atoms with Gasteiger partial charge in [0, 0.05) is 13.2 Å². The lowest BCUT2D eigenvalue weighted by atomic mass is 9.86. The van der Waals surface area contributed by atoms with E-state index in [0.717, 1.165) is 32.1 Å². The molecule has 0 aromatic heterocycles. The van der Waals surface area contributed by atoms with Crippen molar-refractivity contribution in [2.75, 3.05) is 13.2 Å². The molecule has 0 spiro atoms. The van der Waals surface area contributed by atoms with E-state index in [1.54, 1.807) is 0 Å². The van der Waals surface area contributed by atoms with Crippen LogP contribution in [-0.2, 0) is 9.09 Å². The van der Waals surface area contributed by atoms with Crippen molar-refractivity contribution in [2.24, 2.45) is 10.8 Å². The number of hydrogen-bond donors (Lipinski definition) is 4. The third-order valence-electron chi connectivity index (χ3n) is 4.15. The minimum atomic E-state index is -4.49. The van der Waals surface area contributed by atoms with Gasteiger partial charge in [-0.15, -0.1) is 0 Å². The van der Waals surface area contributed by atoms with Crippen LogP contribution in [0.15, 0.2) is 0 Å². The van der Waals surface area contributed by atoms with Crippen LogP contribution in [0.1, 0.15) is 72.6 Å². The Morgan fingerprint density at radius 2 is 1.30 bits per heavy atom. The van der Waals surface area contributed by atoms with Crippen LogP contribution < -0.4 is 0 Å². The van der Waals surface area contributed by atoms with Gasteiger partial charge in [0.25, 0.3) is 0 Å². The first-order chi connectivity index (χ1) is 10.4. The van der Waals surface area contributed by atoms with E-state index in [4.69, 9.17) is 14.3 Å². The Labute approximate surface area is 140 Å². The minimum Gasteiger partial charge on any atom is -0.396 e. The summed E-state index contributed by atoms with van der Waals surface area (Å²) in [6.45, 7) is 8.13. The molecule has 0 aromatic rings. The fourth-order valence-electron chi connectivity index (χ4n) is 2.39. The molecule has 0 aliphatic carbocycles. The highest BCUT2D eigenvalue weighted by Crippen LogP contribution is 2.40. The third-order valence-corrected chi connectivity index (χ3v) is 4.72. The summed E-state index contributed by atoms with van der Waals surface area (Å²) in [5.41, 5.74) is -0.303. The molecular weight excluding hydrogens is 319 g/mol. The highest BCUT2D eigenvalue weighted by atomic mass is 31.2. The minimum absolute atomic E-state index is 0.0905. The highest BCUT2D eigenvalue weighted by Gasteiger charge is 2.24. The van der Waals surface area contributed by atoms with Crippen molar-refractivity contribution in [3.8, 4) is 0 Å². The number of unbranched alkanes of at least 4 members (excludes halogenated alkanes) is 1. The Bertz CT molecular complexity index is 364. The SMILES string of the molecule is CC(C)(CO)CCCCC(CCCC(C)(C)CO)OP(=O)(O)O. The summed E-state index contributed by atoms with van der Waals surface area (Å²) >= 11 is 0. The molecule has 1 atom stereocenters. The number of hydrogen-bond acceptors (Lipinski definition) is 4. The largest absolute Gasteiger partial charge is 0.469 e. The van der Waals surface area contributed by atoms with E-state index in [0.29, 0.717) is 12.8 Å². The van der Waals surface area contributed by atoms with Gasteiger partial charge in [-0.05, 0) is 36.5 Å². The molecule has 140 valence electrons. The van der Waals surface area contributed by atoms with Crippen LogP contribution in [0, 0.1) is 10.8 Å². The quantitative estimate of drug-likeness (QED) is 0.299. The van der Waals surface area contributed by atoms with Gasteiger partial charge in [0.2, 0.25) is 0 Å². The van der Waals surface area contributed by atoms with Gasteiger partial charge >= 0.3 is 7.82 Å². The first-order valence-corrected chi connectivity index (χ1v) is 9.89. The van der Waals surface area contributed by atoms with Crippen LogP contribution in [-0.4, -0.2) is 39.3 Å². The third kappa shape index (κ3) is 13.0. The molecule has 0 amide bonds. The molecule has 0 saturated heterocycles. The average Bonchev–Trinajstić information content (AvgIpc) is 2.41. The maximum atomic E-state index is 11.1. The van der Waals surface area contributed by atoms with E-state index in [9.17, 15) is 14.8 Å². The van der Waals surface area contributed by atoms with Crippen LogP contribution in [0.4, 0.5) is 0 Å². The second-order valence-corrected chi connectivity index (χ2v) is 9.19. The topological polar surface area (TPSA) is 107 Å². The summed E-state index contributed by atoms with van der Waals surface area (Å²) in [7, 11) is -4.49. The van der Waals surface area contributed by atoms with Crippen molar-refractivity contribution >= 4 is 7.82 Å². The number of aliphatic hydroxyl groups is 2. The normalized spacial score (nSPS) is 15.0. The summed E-state index contributed by atoms with van der Waals surface area (Å²) < 4.78 is 16.0. The molecule has 0 aliphatic heterocycles. The summed E-state index contributed by atoms with van der Waals surface area (Å²) in [6, 6.07) is 0. The molecule has 0 fully saturated rings. The first-order valence-electron chi connectivity index (χ1n) is 8.36. The molecule has 0 bridgehead atoms. The molecule has 23 heavy (non-hydrogen) atoms. The first kappa shape index (κ1) is 23.0. The zero-order chi connectivity index (χ0) is 18.1. The van der Waals surface area contributed by atoms with E-state index < -0.39 is 13.9 Å². The predicted octanol–water partition coefficient (Wildman–Crippen LogP) is 3.23. The van der Waals surface area contributed by atoms with Gasteiger partial charge in [0.05, 0.1) is 6.10 Å². The molecule has 0 heterocycles. The Hall–Kier alpha value is 0.0300. The molecule has 0 aromatic carbocycles. The van der Waals surface area contributed by atoms with Crippen LogP contribution in [0.2, 0.25) is 0 Å². The Morgan fingerprint density at radius 3 is 1.74 bits per heavy atom. The standard InChI is InChI=1S/C16H35O6P/c1-15(2,12-17)10-6-5-8-14(22-23(19,20)21)9-7-11-16(3,4)13-18/h14,17-18H,5-13H2,1-4H3,(H2,19,20,21). The predicted molar refractivity (Wildman–Crippen MR) is 91.0 cm³/mol. The van der Waals surface area contributed by atoms with Crippen LogP contribution in [0.3, 0.4) is 0 Å². The van der Waals surface area contributed by atoms with E-state index in [1.165, 1.54) is 0 Å². The lowest BCUT2D eigenvalue weighted by Crippen LogP contribution is -2.19. The van der Waals surface area contributed by atoms with Gasteiger partial charge in [0.15, 0.2) is 0 Å². The Morgan fingerprint density at radius 1 is 0.870 bits per heavy atom. The molecule has 6 nitrogen and oxygen atoms in total. The molecule has 1 unspecified atom stereocenters. The summed E-state index contributed by atoms with van der Waals surface area (Å²) in [5, 5.41) is 18.5. The molecule has 7 heteroatoms. The lowest BCUT2D eigenvalue weighted by molar-refractivity contribution is 0.102. The number of phosphoric acid groups is 1. The number of phosphoric ester groups is 1. The van der Waals surface area contributed by atoms with E-state index >= 15 is 0 Å². The van der Waals surface area contributed by atoms with Crippen molar-refractivity contribution in [3.05, 3.63) is 0 Å². The monoisotopic (exact) mass is 354 g/mol. The van der Waals surface area contributed by atoms with Gasteiger partial charge in [-0.3, -0.25) is 4.52 Å². The second-order valence-electron chi connectivity index (χ2n) is 8.00. The smallest absolute Gasteiger partial charge is 0.396 e. The van der Waals surface area contributed by atoms with Crippen LogP contribution in [0.25, 0.3) is 0 Å². The summed E-state index contributed by atoms with van der Waals surface area (Å²) in [6.07, 6.45) is 4.77. The van der Waals surface area contributed by atoms with Crippen molar-refractivity contribution in [1.29, 1.82) is 0 Å². The van der Waals surface area contributed by atoms with E-state index in [1.807, 2.05) is 27.7 Å². The highest BCUT2D eigenvalue weighted by molar-refractivity contribution is 7.46. The van der Waals surface area contributed by atoms with Gasteiger partial charge in [-0.1, -0.05) is 47.0 Å². The van der Waals surface area contributed by atoms with Gasteiger partial charge in [0.1, 0.15) is 0 Å². The number of aliphatic hydroxyl groups excluding tert-OH is 2. The van der Waals surface area contributed by atoms with E-state index in [2.05, 4.69) is 0 Å². The fourth-order valence-corrected chi connectivity index (χ4v) is 2.99. The zero-order valence-electron chi connectivity index (χ0n) is 15.0. The molecule has 0 rings (SSSR count). The molecule has 0 saturated carbocycles. The second kappa shape index (κ2) is 10.1. The van der Waals surface area contributed by atoms with Gasteiger partial charge < -0.3 is 20.0 Å². The molecule has 0 radical (unpaired) electrons. The van der Waals surface area contributed by atoms with Crippen LogP contribution >= 0.6 is 7.82 Å². The van der Waals surface area contributed by atoms with E-state index in [-0.39, 0.29) is 24.0 Å². The Kier molecular flexibility index (Phi) is 10.1. The Balaban J connectivity index is 4.28. The van der Waals surface area contributed by atoms with Crippen LogP contribution in [0.5, 0.6) is 0 Å². The maximum absolute atomic E-state index is 11.1. The van der Waals surface area contributed by atoms with Crippen molar-refractivity contribution in [1.82, 2.24) is 0 Å². The fraction of sp³-hybridized carbons (Fsp3) is 1.00. The molecular formula is C16H35O6P. The van der Waals surface area contributed by atoms with Crippen molar-refractivity contribution in [2.45, 2.75) is 78.7 Å². The average molecular weight is 354 g/mol. The van der Waals surface area contributed by atoms with Gasteiger partial charge in [-0.2, -0.15) is 0 Å². The lowest BCUT2D eigenvalue weighted by Gasteiger charge is -2.24. The van der Waals surface area contributed by atoms with Crippen molar-refractivity contribution < 1.29 is 29.1 Å². The zero-order valence-corrected chi connectivity index (χ0v) is 15.9. The van der Waals surface area contributed by atoms with Gasteiger partial charge in [-0.25, -0.2) is 4.57 Å². The molecule has 0 aliphatic rings. The van der Waals surface area contributed by atoms with Crippen molar-refractivity contribution in [3.63, 3.8) is 0 Å². The number of rotatable bonds is 13. The summed E-state index contributed by atoms with van der Waals surface area (Å²) in [4.78, 5) is 18.1. The molecule has 4 N–H and O–H groups in total.